The van der Waals surface area contributed by atoms with Gasteiger partial charge in [0.1, 0.15) is 0 Å². The maximum Gasteiger partial charge on any atom is 0.0917 e. The molecule has 2 bridgehead atoms. The molecule has 3 N–H and O–H groups in total. The minimum Gasteiger partial charge on any atom is -0.388 e. The van der Waals surface area contributed by atoms with E-state index in [0.717, 1.165) is 30.5 Å². The molecule has 0 spiro atoms. The van der Waals surface area contributed by atoms with Crippen molar-refractivity contribution in [2.24, 2.45) is 18.2 Å². The molecule has 0 aromatic carbocycles. The average Bonchev–Trinajstić information content (AvgIpc) is 3.05. The molecule has 0 aliphatic carbocycles. The number of ether oxygens (including phenoxy) is 1. The predicted octanol–water partition coefficient (Wildman–Crippen LogP) is 0.658. The Morgan fingerprint density at radius 3 is 2.89 bits per heavy atom. The summed E-state index contributed by atoms with van der Waals surface area (Å²) in [5.74, 6) is 0. The van der Waals surface area contributed by atoms with E-state index in [-0.39, 0.29) is 17.6 Å². The van der Waals surface area contributed by atoms with Crippen LogP contribution in [0.1, 0.15) is 36.6 Å². The molecule has 3 rings (SSSR count). The molecule has 4 unspecified atom stereocenters. The van der Waals surface area contributed by atoms with E-state index in [1.165, 1.54) is 0 Å². The lowest BCUT2D eigenvalue weighted by molar-refractivity contribution is -0.0267. The quantitative estimate of drug-likeness (QED) is 0.827. The highest BCUT2D eigenvalue weighted by atomic mass is 16.5. The maximum absolute atomic E-state index is 10.8. The van der Waals surface area contributed by atoms with E-state index in [2.05, 4.69) is 5.10 Å². The van der Waals surface area contributed by atoms with Crippen LogP contribution in [0, 0.1) is 12.3 Å². The molecule has 0 radical (unpaired) electrons. The van der Waals surface area contributed by atoms with Crippen molar-refractivity contribution in [2.45, 2.75) is 44.5 Å². The molecule has 1 aromatic heterocycles. The second-order valence-electron chi connectivity index (χ2n) is 5.68. The van der Waals surface area contributed by atoms with Crippen molar-refractivity contribution in [3.8, 4) is 0 Å². The summed E-state index contributed by atoms with van der Waals surface area (Å²) in [6.45, 7) is 2.44. The largest absolute Gasteiger partial charge is 0.388 e. The molecule has 0 saturated carbocycles. The van der Waals surface area contributed by atoms with Gasteiger partial charge < -0.3 is 15.6 Å². The fourth-order valence-electron chi connectivity index (χ4n) is 3.54. The summed E-state index contributed by atoms with van der Waals surface area (Å²) < 4.78 is 7.69. The number of hydrogen-bond acceptors (Lipinski definition) is 4. The molecule has 2 fully saturated rings. The number of fused-ring (bicyclic) bond motifs is 2. The molecule has 2 aliphatic rings. The highest BCUT2D eigenvalue weighted by Gasteiger charge is 2.56. The van der Waals surface area contributed by atoms with Gasteiger partial charge in [-0.2, -0.15) is 5.10 Å². The minimum absolute atomic E-state index is 0.0992. The second kappa shape index (κ2) is 4.05. The molecule has 18 heavy (non-hydrogen) atoms. The highest BCUT2D eigenvalue weighted by Crippen LogP contribution is 2.53. The van der Waals surface area contributed by atoms with Crippen LogP contribution in [0.4, 0.5) is 0 Å². The van der Waals surface area contributed by atoms with Crippen LogP contribution in [0.2, 0.25) is 0 Å². The van der Waals surface area contributed by atoms with Crippen LogP contribution in [0.15, 0.2) is 6.20 Å². The van der Waals surface area contributed by atoms with Crippen LogP contribution in [0.25, 0.3) is 0 Å². The Bertz CT molecular complexity index is 459. The Balaban J connectivity index is 1.95. The molecule has 5 heteroatoms. The van der Waals surface area contributed by atoms with Crippen LogP contribution < -0.4 is 5.73 Å². The normalized spacial score (nSPS) is 36.2. The topological polar surface area (TPSA) is 73.3 Å². The van der Waals surface area contributed by atoms with Crippen molar-refractivity contribution in [2.75, 3.05) is 6.54 Å². The lowest BCUT2D eigenvalue weighted by Gasteiger charge is -2.38. The van der Waals surface area contributed by atoms with Crippen molar-refractivity contribution in [3.05, 3.63) is 17.5 Å². The van der Waals surface area contributed by atoms with E-state index < -0.39 is 6.10 Å². The predicted molar refractivity (Wildman–Crippen MR) is 66.9 cm³/mol. The van der Waals surface area contributed by atoms with Gasteiger partial charge in [0.2, 0.25) is 0 Å². The summed E-state index contributed by atoms with van der Waals surface area (Å²) in [6.07, 6.45) is 4.54. The summed E-state index contributed by atoms with van der Waals surface area (Å²) in [6, 6.07) is 0. The first-order valence-corrected chi connectivity index (χ1v) is 6.60. The van der Waals surface area contributed by atoms with Crippen LogP contribution in [0.3, 0.4) is 0 Å². The van der Waals surface area contributed by atoms with Gasteiger partial charge in [0.25, 0.3) is 0 Å². The lowest BCUT2D eigenvalue weighted by Crippen LogP contribution is -2.44. The van der Waals surface area contributed by atoms with Gasteiger partial charge in [0.15, 0.2) is 0 Å². The summed E-state index contributed by atoms with van der Waals surface area (Å²) in [4.78, 5) is 0. The standard InChI is InChI=1S/C13H21N3O2/c1-8-10(6-15-16(8)2)12(17)13(7-14)5-9-3-4-11(13)18-9/h6,9,11-12,17H,3-5,7,14H2,1-2H3. The van der Waals surface area contributed by atoms with Gasteiger partial charge in [-0.25, -0.2) is 0 Å². The third-order valence-corrected chi connectivity index (χ3v) is 4.85. The number of rotatable bonds is 3. The molecule has 2 saturated heterocycles. The fourth-order valence-corrected chi connectivity index (χ4v) is 3.54. The summed E-state index contributed by atoms with van der Waals surface area (Å²) in [5, 5.41) is 15.0. The third kappa shape index (κ3) is 1.47. The Morgan fingerprint density at radius 2 is 2.44 bits per heavy atom. The Hall–Kier alpha value is -0.910. The molecule has 4 atom stereocenters. The van der Waals surface area contributed by atoms with E-state index >= 15 is 0 Å². The number of hydrogen-bond donors (Lipinski definition) is 2. The summed E-state index contributed by atoms with van der Waals surface area (Å²) in [7, 11) is 1.89. The number of aromatic nitrogens is 2. The van der Waals surface area contributed by atoms with E-state index in [0.29, 0.717) is 6.54 Å². The van der Waals surface area contributed by atoms with Crippen molar-refractivity contribution < 1.29 is 9.84 Å². The molecule has 2 aliphatic heterocycles. The maximum atomic E-state index is 10.8. The highest BCUT2D eigenvalue weighted by molar-refractivity contribution is 5.24. The van der Waals surface area contributed by atoms with Crippen molar-refractivity contribution in [1.82, 2.24) is 9.78 Å². The van der Waals surface area contributed by atoms with E-state index in [1.807, 2.05) is 14.0 Å². The zero-order valence-corrected chi connectivity index (χ0v) is 11.0. The number of aliphatic hydroxyl groups is 1. The molecule has 1 aromatic rings. The number of aryl methyl sites for hydroxylation is 1. The molecule has 5 nitrogen and oxygen atoms in total. The number of aliphatic hydroxyl groups excluding tert-OH is 1. The average molecular weight is 251 g/mol. The van der Waals surface area contributed by atoms with Gasteiger partial charge in [0.05, 0.1) is 24.5 Å². The Kier molecular flexibility index (Phi) is 2.73. The first-order valence-electron chi connectivity index (χ1n) is 6.60. The fraction of sp³-hybridized carbons (Fsp3) is 0.769. The third-order valence-electron chi connectivity index (χ3n) is 4.85. The summed E-state index contributed by atoms with van der Waals surface area (Å²) >= 11 is 0. The van der Waals surface area contributed by atoms with Crippen LogP contribution in [-0.4, -0.2) is 33.6 Å². The van der Waals surface area contributed by atoms with E-state index in [1.54, 1.807) is 10.9 Å². The zero-order chi connectivity index (χ0) is 12.9. The number of nitrogens with zero attached hydrogens (tertiary/aromatic N) is 2. The van der Waals surface area contributed by atoms with Crippen LogP contribution >= 0.6 is 0 Å². The van der Waals surface area contributed by atoms with Crippen LogP contribution in [-0.2, 0) is 11.8 Å². The van der Waals surface area contributed by atoms with Gasteiger partial charge in [-0.1, -0.05) is 0 Å². The minimum atomic E-state index is -0.577. The van der Waals surface area contributed by atoms with E-state index in [9.17, 15) is 5.11 Å². The zero-order valence-electron chi connectivity index (χ0n) is 11.0. The molecular weight excluding hydrogens is 230 g/mol. The first-order chi connectivity index (χ1) is 8.58. The Morgan fingerprint density at radius 1 is 1.67 bits per heavy atom. The van der Waals surface area contributed by atoms with Crippen molar-refractivity contribution >= 4 is 0 Å². The van der Waals surface area contributed by atoms with Crippen molar-refractivity contribution in [1.29, 1.82) is 0 Å². The van der Waals surface area contributed by atoms with Crippen molar-refractivity contribution in [3.63, 3.8) is 0 Å². The second-order valence-corrected chi connectivity index (χ2v) is 5.68. The number of nitrogens with two attached hydrogens (primary N) is 1. The summed E-state index contributed by atoms with van der Waals surface area (Å²) in [5.41, 5.74) is 7.55. The van der Waals surface area contributed by atoms with Gasteiger partial charge in [-0.05, 0) is 26.2 Å². The van der Waals surface area contributed by atoms with Gasteiger partial charge in [0, 0.05) is 30.3 Å². The smallest absolute Gasteiger partial charge is 0.0917 e. The van der Waals surface area contributed by atoms with Crippen LogP contribution in [0.5, 0.6) is 0 Å². The van der Waals surface area contributed by atoms with Gasteiger partial charge >= 0.3 is 0 Å². The molecule has 0 amide bonds. The SMILES string of the molecule is Cc1c(C(O)C2(CN)CC3CCC2O3)cnn1C. The van der Waals surface area contributed by atoms with E-state index in [4.69, 9.17) is 10.5 Å². The molecular formula is C13H21N3O2. The monoisotopic (exact) mass is 251 g/mol. The molecule has 100 valence electrons. The first kappa shape index (κ1) is 12.1. The lowest BCUT2D eigenvalue weighted by atomic mass is 9.68. The van der Waals surface area contributed by atoms with Gasteiger partial charge in [-0.15, -0.1) is 0 Å². The van der Waals surface area contributed by atoms with Gasteiger partial charge in [-0.3, -0.25) is 4.68 Å². The Labute approximate surface area is 107 Å². The molecule has 3 heterocycles.